The number of nitrogen functional groups attached to an aromatic ring is 1. The Hall–Kier alpha value is -2.02. The highest BCUT2D eigenvalue weighted by atomic mass is 15.3. The maximum atomic E-state index is 8.93. The third-order valence-corrected chi connectivity index (χ3v) is 3.51. The minimum atomic E-state index is 0.508. The van der Waals surface area contributed by atoms with Crippen LogP contribution in [0.2, 0.25) is 0 Å². The highest BCUT2D eigenvalue weighted by Gasteiger charge is 2.18. The van der Waals surface area contributed by atoms with Crippen LogP contribution in [-0.2, 0) is 0 Å². The number of fused-ring (bicyclic) bond motifs is 1. The van der Waals surface area contributed by atoms with Crippen molar-refractivity contribution < 1.29 is 0 Å². The molecule has 1 aliphatic rings. The Bertz CT molecular complexity index is 600. The van der Waals surface area contributed by atoms with Crippen molar-refractivity contribution in [2.45, 2.75) is 31.7 Å². The molecule has 0 aliphatic heterocycles. The van der Waals surface area contributed by atoms with Crippen molar-refractivity contribution in [2.24, 2.45) is 0 Å². The van der Waals surface area contributed by atoms with E-state index in [1.54, 1.807) is 6.07 Å². The number of nitriles is 1. The molecule has 0 spiro atoms. The minimum absolute atomic E-state index is 0.508. The highest BCUT2D eigenvalue weighted by Crippen LogP contribution is 2.30. The number of rotatable bonds is 1. The van der Waals surface area contributed by atoms with Crippen LogP contribution in [-0.4, -0.2) is 9.78 Å². The second kappa shape index (κ2) is 3.77. The van der Waals surface area contributed by atoms with Crippen molar-refractivity contribution >= 4 is 16.6 Å². The number of hydrogen-bond donors (Lipinski definition) is 1. The molecule has 4 heteroatoms. The van der Waals surface area contributed by atoms with Gasteiger partial charge in [0, 0.05) is 11.6 Å². The predicted molar refractivity (Wildman–Crippen MR) is 66.4 cm³/mol. The lowest BCUT2D eigenvalue weighted by Gasteiger charge is -2.07. The van der Waals surface area contributed by atoms with Gasteiger partial charge in [0.05, 0.1) is 22.8 Å². The zero-order valence-electron chi connectivity index (χ0n) is 9.56. The summed E-state index contributed by atoms with van der Waals surface area (Å²) in [7, 11) is 0. The van der Waals surface area contributed by atoms with Crippen molar-refractivity contribution in [3.05, 3.63) is 23.9 Å². The van der Waals surface area contributed by atoms with Crippen molar-refractivity contribution in [2.75, 3.05) is 5.73 Å². The summed E-state index contributed by atoms with van der Waals surface area (Å²) in [5, 5.41) is 14.5. The molecule has 86 valence electrons. The molecule has 1 aromatic carbocycles. The summed E-state index contributed by atoms with van der Waals surface area (Å²) < 4.78 is 2.04. The van der Waals surface area contributed by atoms with E-state index in [0.29, 0.717) is 17.3 Å². The van der Waals surface area contributed by atoms with Crippen LogP contribution >= 0.6 is 0 Å². The monoisotopic (exact) mass is 226 g/mol. The van der Waals surface area contributed by atoms with Gasteiger partial charge < -0.3 is 5.73 Å². The predicted octanol–water partition coefficient (Wildman–Crippen LogP) is 2.61. The van der Waals surface area contributed by atoms with E-state index in [9.17, 15) is 0 Å². The van der Waals surface area contributed by atoms with Gasteiger partial charge in [-0.2, -0.15) is 10.4 Å². The zero-order valence-corrected chi connectivity index (χ0v) is 9.56. The first-order valence-corrected chi connectivity index (χ1v) is 5.96. The maximum Gasteiger partial charge on any atom is 0.101 e. The van der Waals surface area contributed by atoms with Crippen LogP contribution in [0, 0.1) is 11.3 Å². The number of benzene rings is 1. The highest BCUT2D eigenvalue weighted by molar-refractivity contribution is 5.84. The van der Waals surface area contributed by atoms with Crippen LogP contribution in [0.15, 0.2) is 18.3 Å². The Labute approximate surface area is 99.6 Å². The van der Waals surface area contributed by atoms with E-state index in [4.69, 9.17) is 11.0 Å². The molecular weight excluding hydrogens is 212 g/mol. The standard InChI is InChI=1S/C13H14N4/c14-7-9-6-13-10(5-12(9)15)8-17(16-13)11-3-1-2-4-11/h5-6,8,11H,1-4,15H2. The summed E-state index contributed by atoms with van der Waals surface area (Å²) >= 11 is 0. The fourth-order valence-electron chi connectivity index (χ4n) is 2.56. The van der Waals surface area contributed by atoms with E-state index in [1.807, 2.05) is 16.9 Å². The quantitative estimate of drug-likeness (QED) is 0.760. The van der Waals surface area contributed by atoms with E-state index in [2.05, 4.69) is 11.2 Å². The lowest BCUT2D eigenvalue weighted by molar-refractivity contribution is 0.470. The molecule has 2 N–H and O–H groups in total. The van der Waals surface area contributed by atoms with Gasteiger partial charge in [0.2, 0.25) is 0 Å². The van der Waals surface area contributed by atoms with E-state index in [0.717, 1.165) is 10.9 Å². The van der Waals surface area contributed by atoms with Gasteiger partial charge in [-0.05, 0) is 25.0 Å². The van der Waals surface area contributed by atoms with E-state index < -0.39 is 0 Å². The lowest BCUT2D eigenvalue weighted by Crippen LogP contribution is -2.04. The number of nitrogens with two attached hydrogens (primary N) is 1. The molecule has 2 aromatic rings. The van der Waals surface area contributed by atoms with Crippen molar-refractivity contribution in [3.8, 4) is 6.07 Å². The Morgan fingerprint density at radius 2 is 2.12 bits per heavy atom. The van der Waals surface area contributed by atoms with Crippen LogP contribution in [0.5, 0.6) is 0 Å². The first-order valence-electron chi connectivity index (χ1n) is 5.96. The molecule has 0 radical (unpaired) electrons. The van der Waals surface area contributed by atoms with Crippen LogP contribution in [0.25, 0.3) is 10.9 Å². The zero-order chi connectivity index (χ0) is 11.8. The molecule has 17 heavy (non-hydrogen) atoms. The molecular formula is C13H14N4. The summed E-state index contributed by atoms with van der Waals surface area (Å²) in [4.78, 5) is 0. The summed E-state index contributed by atoms with van der Waals surface area (Å²) in [6.07, 6.45) is 7.02. The second-order valence-corrected chi connectivity index (χ2v) is 4.66. The topological polar surface area (TPSA) is 67.6 Å². The third-order valence-electron chi connectivity index (χ3n) is 3.51. The second-order valence-electron chi connectivity index (χ2n) is 4.66. The molecule has 1 fully saturated rings. The number of hydrogen-bond acceptors (Lipinski definition) is 3. The Morgan fingerprint density at radius 1 is 1.35 bits per heavy atom. The molecule has 0 atom stereocenters. The molecule has 1 aliphatic carbocycles. The fraction of sp³-hybridized carbons (Fsp3) is 0.385. The number of nitrogens with zero attached hydrogens (tertiary/aromatic N) is 3. The van der Waals surface area contributed by atoms with Gasteiger partial charge in [0.15, 0.2) is 0 Å². The van der Waals surface area contributed by atoms with Crippen LogP contribution in [0.1, 0.15) is 37.3 Å². The molecule has 1 heterocycles. The average Bonchev–Trinajstić information content (AvgIpc) is 2.95. The largest absolute Gasteiger partial charge is 0.398 e. The van der Waals surface area contributed by atoms with E-state index in [-0.39, 0.29) is 0 Å². The average molecular weight is 226 g/mol. The van der Waals surface area contributed by atoms with Gasteiger partial charge in [-0.1, -0.05) is 12.8 Å². The SMILES string of the molecule is N#Cc1cc2nn(C3CCCC3)cc2cc1N. The van der Waals surface area contributed by atoms with Gasteiger partial charge >= 0.3 is 0 Å². The first kappa shape index (κ1) is 10.2. The summed E-state index contributed by atoms with van der Waals surface area (Å²) in [5.41, 5.74) is 7.71. The third kappa shape index (κ3) is 1.64. The smallest absolute Gasteiger partial charge is 0.101 e. The van der Waals surface area contributed by atoms with Crippen molar-refractivity contribution in [1.29, 1.82) is 5.26 Å². The summed E-state index contributed by atoms with van der Waals surface area (Å²) in [6.45, 7) is 0. The minimum Gasteiger partial charge on any atom is -0.398 e. The van der Waals surface area contributed by atoms with Gasteiger partial charge in [-0.15, -0.1) is 0 Å². The van der Waals surface area contributed by atoms with E-state index >= 15 is 0 Å². The normalized spacial score (nSPS) is 16.4. The van der Waals surface area contributed by atoms with Crippen molar-refractivity contribution in [3.63, 3.8) is 0 Å². The molecule has 0 bridgehead atoms. The van der Waals surface area contributed by atoms with Crippen LogP contribution < -0.4 is 5.73 Å². The molecule has 3 rings (SSSR count). The maximum absolute atomic E-state index is 8.93. The molecule has 4 nitrogen and oxygen atoms in total. The number of aromatic nitrogens is 2. The molecule has 0 amide bonds. The van der Waals surface area contributed by atoms with Gasteiger partial charge in [0.1, 0.15) is 6.07 Å². The number of anilines is 1. The Kier molecular flexibility index (Phi) is 2.25. The summed E-state index contributed by atoms with van der Waals surface area (Å²) in [5.74, 6) is 0. The van der Waals surface area contributed by atoms with Crippen molar-refractivity contribution in [1.82, 2.24) is 9.78 Å². The lowest BCUT2D eigenvalue weighted by atomic mass is 10.1. The molecule has 1 saturated carbocycles. The van der Waals surface area contributed by atoms with Gasteiger partial charge in [0.25, 0.3) is 0 Å². The molecule has 0 saturated heterocycles. The Morgan fingerprint density at radius 3 is 2.82 bits per heavy atom. The van der Waals surface area contributed by atoms with E-state index in [1.165, 1.54) is 25.7 Å². The van der Waals surface area contributed by atoms with Crippen LogP contribution in [0.4, 0.5) is 5.69 Å². The Balaban J connectivity index is 2.09. The van der Waals surface area contributed by atoms with Gasteiger partial charge in [-0.3, -0.25) is 4.68 Å². The van der Waals surface area contributed by atoms with Crippen LogP contribution in [0.3, 0.4) is 0 Å². The molecule has 1 aromatic heterocycles. The summed E-state index contributed by atoms with van der Waals surface area (Å²) in [6, 6.07) is 6.23. The first-order chi connectivity index (χ1) is 8.28. The fourth-order valence-corrected chi connectivity index (χ4v) is 2.56. The molecule has 0 unspecified atom stereocenters. The van der Waals surface area contributed by atoms with Gasteiger partial charge in [-0.25, -0.2) is 0 Å².